The van der Waals surface area contributed by atoms with Crippen LogP contribution >= 0.6 is 0 Å². The Morgan fingerprint density at radius 2 is 1.89 bits per heavy atom. The highest BCUT2D eigenvalue weighted by Gasteiger charge is 2.05. The predicted octanol–water partition coefficient (Wildman–Crippen LogP) is 5.20. The van der Waals surface area contributed by atoms with Gasteiger partial charge < -0.3 is 10.5 Å². The topological polar surface area (TPSA) is 60.0 Å². The summed E-state index contributed by atoms with van der Waals surface area (Å²) in [5.74, 6) is 1.03. The second-order valence-corrected chi connectivity index (χ2v) is 6.01. The fraction of sp³-hybridized carbons (Fsp3) is 0.333. The minimum atomic E-state index is -0.761. The molecule has 1 atom stereocenters. The molecular weight excluding hydrogens is 348 g/mol. The van der Waals surface area contributed by atoms with E-state index in [2.05, 4.69) is 28.6 Å². The smallest absolute Gasteiger partial charge is 0.228 e. The highest BCUT2D eigenvalue weighted by Crippen LogP contribution is 2.13. The van der Waals surface area contributed by atoms with Gasteiger partial charge in [-0.3, -0.25) is 4.99 Å². The third kappa shape index (κ3) is 7.98. The van der Waals surface area contributed by atoms with E-state index in [1.54, 1.807) is 25.2 Å². The molecule has 2 N–H and O–H groups in total. The number of nitrogens with zero attached hydrogens (tertiary/aromatic N) is 2. The van der Waals surface area contributed by atoms with E-state index in [4.69, 9.17) is 5.73 Å². The molecule has 0 bridgehead atoms. The number of hydrogen-bond acceptors (Lipinski definition) is 3. The Morgan fingerprint density at radius 3 is 2.41 bits per heavy atom. The van der Waals surface area contributed by atoms with Gasteiger partial charge in [-0.2, -0.15) is 0 Å². The van der Waals surface area contributed by atoms with Crippen LogP contribution in [-0.4, -0.2) is 26.0 Å². The largest absolute Gasteiger partial charge is 0.463 e. The normalized spacial score (nSPS) is 12.4. The lowest BCUT2D eigenvalue weighted by Crippen LogP contribution is -2.03. The van der Waals surface area contributed by atoms with Crippen LogP contribution in [0.3, 0.4) is 0 Å². The number of amidine groups is 1. The second kappa shape index (κ2) is 11.8. The quantitative estimate of drug-likeness (QED) is 0.443. The van der Waals surface area contributed by atoms with Gasteiger partial charge in [-0.25, -0.2) is 13.8 Å². The Labute approximate surface area is 159 Å². The van der Waals surface area contributed by atoms with Gasteiger partial charge >= 0.3 is 0 Å². The first-order valence-corrected chi connectivity index (χ1v) is 8.73. The highest BCUT2D eigenvalue weighted by atomic mass is 19.1. The number of hydrogen-bond donors (Lipinski definition) is 1. The predicted molar refractivity (Wildman–Crippen MR) is 109 cm³/mol. The molecule has 0 saturated carbocycles. The van der Waals surface area contributed by atoms with Gasteiger partial charge in [-0.15, -0.1) is 0 Å². The molecule has 146 valence electrons. The average molecular weight is 375 g/mol. The van der Waals surface area contributed by atoms with E-state index < -0.39 is 12.7 Å². The fourth-order valence-corrected chi connectivity index (χ4v) is 1.93. The fourth-order valence-electron chi connectivity index (χ4n) is 1.93. The number of aryl methyl sites for hydroxylation is 1. The van der Waals surface area contributed by atoms with Crippen LogP contribution in [0.15, 0.2) is 52.4 Å². The minimum absolute atomic E-state index is 0.134. The monoisotopic (exact) mass is 375 g/mol. The molecule has 0 radical (unpaired) electrons. The van der Waals surface area contributed by atoms with Gasteiger partial charge in [0.2, 0.25) is 6.86 Å². The highest BCUT2D eigenvalue weighted by molar-refractivity contribution is 6.03. The Hall–Kier alpha value is -2.76. The Kier molecular flexibility index (Phi) is 9.72. The van der Waals surface area contributed by atoms with Crippen molar-refractivity contribution in [3.63, 3.8) is 0 Å². The standard InChI is InChI=1S/C13H18FN3.C8H9FO/c1-4-9(2)8-17-13(16-3)10-5-6-12(15)11(14)7-10;1-7-2-4-8(5-3-7)10-6-9/h5-9H,4,15H2,1-3H3;2-5H,6H2,1H3. The number of rotatable bonds is 5. The first-order chi connectivity index (χ1) is 12.9. The number of aliphatic imine (C=N–C) groups is 2. The number of anilines is 1. The zero-order valence-corrected chi connectivity index (χ0v) is 16.2. The maximum atomic E-state index is 13.3. The number of ether oxygens (including phenoxy) is 1. The number of halogens is 2. The summed E-state index contributed by atoms with van der Waals surface area (Å²) >= 11 is 0. The maximum absolute atomic E-state index is 13.3. The number of nitrogen functional groups attached to an aromatic ring is 1. The molecule has 0 aromatic heterocycles. The number of benzene rings is 2. The molecule has 0 spiro atoms. The molecule has 2 aromatic carbocycles. The van der Waals surface area contributed by atoms with Gasteiger partial charge in [-0.05, 0) is 49.6 Å². The van der Waals surface area contributed by atoms with Gasteiger partial charge in [-0.1, -0.05) is 31.5 Å². The van der Waals surface area contributed by atoms with Crippen LogP contribution in [0.1, 0.15) is 31.4 Å². The van der Waals surface area contributed by atoms with Crippen molar-refractivity contribution in [1.29, 1.82) is 0 Å². The third-order valence-electron chi connectivity index (χ3n) is 3.81. The van der Waals surface area contributed by atoms with Gasteiger partial charge in [0.1, 0.15) is 11.6 Å². The van der Waals surface area contributed by atoms with Gasteiger partial charge in [0.15, 0.2) is 5.84 Å². The van der Waals surface area contributed by atoms with Crippen molar-refractivity contribution in [2.75, 3.05) is 19.6 Å². The molecule has 0 fully saturated rings. The summed E-state index contributed by atoms with van der Waals surface area (Å²) in [5, 5.41) is 0. The molecule has 2 rings (SSSR count). The summed E-state index contributed by atoms with van der Waals surface area (Å²) in [6, 6.07) is 11.8. The van der Waals surface area contributed by atoms with E-state index in [1.807, 2.05) is 25.3 Å². The van der Waals surface area contributed by atoms with E-state index in [0.29, 0.717) is 23.1 Å². The molecule has 0 aliphatic rings. The summed E-state index contributed by atoms with van der Waals surface area (Å²) in [6.07, 6.45) is 2.84. The Bertz CT molecular complexity index is 759. The molecule has 0 aliphatic heterocycles. The van der Waals surface area contributed by atoms with Crippen LogP contribution in [0.4, 0.5) is 14.5 Å². The molecule has 27 heavy (non-hydrogen) atoms. The second-order valence-electron chi connectivity index (χ2n) is 6.01. The molecule has 4 nitrogen and oxygen atoms in total. The van der Waals surface area contributed by atoms with Crippen molar-refractivity contribution in [3.05, 3.63) is 59.4 Å². The van der Waals surface area contributed by atoms with Crippen molar-refractivity contribution in [1.82, 2.24) is 0 Å². The lowest BCUT2D eigenvalue weighted by molar-refractivity contribution is 0.192. The Balaban J connectivity index is 0.000000309. The molecule has 0 saturated heterocycles. The zero-order valence-electron chi connectivity index (χ0n) is 16.2. The van der Waals surface area contributed by atoms with Crippen molar-refractivity contribution < 1.29 is 13.5 Å². The average Bonchev–Trinajstić information content (AvgIpc) is 2.67. The summed E-state index contributed by atoms with van der Waals surface area (Å²) in [7, 11) is 1.64. The number of nitrogens with two attached hydrogens (primary N) is 1. The SMILES string of the molecule is CCC(C)C=NC(=NC)c1ccc(N)c(F)c1.Cc1ccc(OCF)cc1. The molecule has 2 aromatic rings. The maximum Gasteiger partial charge on any atom is 0.228 e. The van der Waals surface area contributed by atoms with Gasteiger partial charge in [0, 0.05) is 18.8 Å². The molecular formula is C21H27F2N3O. The van der Waals surface area contributed by atoms with Crippen molar-refractivity contribution in [2.24, 2.45) is 15.9 Å². The Morgan fingerprint density at radius 1 is 1.22 bits per heavy atom. The van der Waals surface area contributed by atoms with E-state index in [0.717, 1.165) is 12.0 Å². The van der Waals surface area contributed by atoms with Crippen molar-refractivity contribution >= 4 is 17.7 Å². The molecule has 6 heteroatoms. The van der Waals surface area contributed by atoms with Gasteiger partial charge in [0.25, 0.3) is 0 Å². The lowest BCUT2D eigenvalue weighted by atomic mass is 10.1. The van der Waals surface area contributed by atoms with Crippen LogP contribution in [0.5, 0.6) is 5.75 Å². The zero-order chi connectivity index (χ0) is 20.2. The summed E-state index contributed by atoms with van der Waals surface area (Å²) in [6.45, 7) is 5.37. The first kappa shape index (κ1) is 22.3. The summed E-state index contributed by atoms with van der Waals surface area (Å²) in [4.78, 5) is 8.32. The van der Waals surface area contributed by atoms with Crippen LogP contribution in [0, 0.1) is 18.7 Å². The first-order valence-electron chi connectivity index (χ1n) is 8.73. The van der Waals surface area contributed by atoms with Crippen LogP contribution in [0.25, 0.3) is 0 Å². The lowest BCUT2D eigenvalue weighted by Gasteiger charge is -2.04. The molecule has 0 amide bonds. The number of alkyl halides is 1. The van der Waals surface area contributed by atoms with Crippen LogP contribution in [0.2, 0.25) is 0 Å². The van der Waals surface area contributed by atoms with Gasteiger partial charge in [0.05, 0.1) is 5.69 Å². The van der Waals surface area contributed by atoms with E-state index in [1.165, 1.54) is 12.1 Å². The minimum Gasteiger partial charge on any atom is -0.463 e. The van der Waals surface area contributed by atoms with Crippen LogP contribution < -0.4 is 10.5 Å². The summed E-state index contributed by atoms with van der Waals surface area (Å²) in [5.41, 5.74) is 7.34. The third-order valence-corrected chi connectivity index (χ3v) is 3.81. The van der Waals surface area contributed by atoms with E-state index >= 15 is 0 Å². The summed E-state index contributed by atoms with van der Waals surface area (Å²) < 4.78 is 29.5. The molecule has 0 aliphatic carbocycles. The van der Waals surface area contributed by atoms with E-state index in [-0.39, 0.29) is 5.69 Å². The van der Waals surface area contributed by atoms with E-state index in [9.17, 15) is 8.78 Å². The molecule has 0 heterocycles. The molecule has 1 unspecified atom stereocenters. The van der Waals surface area contributed by atoms with Crippen LogP contribution in [-0.2, 0) is 0 Å². The van der Waals surface area contributed by atoms with Crippen molar-refractivity contribution in [2.45, 2.75) is 27.2 Å². The van der Waals surface area contributed by atoms with Crippen molar-refractivity contribution in [3.8, 4) is 5.75 Å².